The van der Waals surface area contributed by atoms with Crippen molar-refractivity contribution in [3.05, 3.63) is 399 Å². The number of benzene rings is 14. The molecule has 14 aromatic rings. The van der Waals surface area contributed by atoms with Gasteiger partial charge in [-0.25, -0.2) is 58.9 Å². The predicted molar refractivity (Wildman–Crippen MR) is 555 cm³/mol. The van der Waals surface area contributed by atoms with Crippen molar-refractivity contribution in [2.24, 2.45) is 0 Å². The predicted octanol–water partition coefficient (Wildman–Crippen LogP) is 17.4. The second-order valence-corrected chi connectivity index (χ2v) is 48.0. The van der Waals surface area contributed by atoms with Crippen LogP contribution in [-0.4, -0.2) is 141 Å². The summed E-state index contributed by atoms with van der Waals surface area (Å²) < 4.78 is 228. The number of methoxy groups -OCH3 is 1. The molecule has 740 valence electrons. The smallest absolute Gasteiger partial charge is 0.485 e. The summed E-state index contributed by atoms with van der Waals surface area (Å²) in [6, 6.07) is 136. The van der Waals surface area contributed by atoms with Gasteiger partial charge in [0.2, 0.25) is 0 Å². The summed E-state index contributed by atoms with van der Waals surface area (Å²) in [5, 5.41) is 2.59. The SMILES string of the molecule is CC(C)(C)c1ccc([S+](c2ccccc2)c2ccccc2)cc1.CC(C)(C)c1ccc([SH2+])cc1.COc1ccc([S+](c2ccccc2)c2ccccc2)cc1.CS(=O)(=O)[O-].CS(=O)(=O)[O-].CS(=O)(=O)[O-].CS(=O)(=O)[O-].CS(=O)(=O)[O-].CS(=O)(=O)[O-].O=S(=O)([O-])C(F)(F)F.[SH2+]c1ccccc1.[SH2+]c1ccccc1.[SH2+]c1ccccc1.c1ccc([S+](c2ccccc2)c2ccc3ccccc3c2)cc1. The third kappa shape index (κ3) is 66.9. The lowest BCUT2D eigenvalue weighted by molar-refractivity contribution is -0.0518. The van der Waals surface area contributed by atoms with Crippen molar-refractivity contribution in [1.82, 2.24) is 0 Å². The maximum atomic E-state index is 10.7. The Morgan fingerprint density at radius 2 is 0.394 bits per heavy atom. The van der Waals surface area contributed by atoms with Gasteiger partial charge >= 0.3 is 5.51 Å². The van der Waals surface area contributed by atoms with E-state index < -0.39 is 76.3 Å². The van der Waals surface area contributed by atoms with Crippen LogP contribution in [0.15, 0.2) is 452 Å². The average molecular weight is 2150 g/mol. The second-order valence-electron chi connectivity index (χ2n) is 29.8. The molecule has 137 heavy (non-hydrogen) atoms. The summed E-state index contributed by atoms with van der Waals surface area (Å²) >= 11 is 13.5. The minimum atomic E-state index is -6.09. The van der Waals surface area contributed by atoms with Gasteiger partial charge in [0.15, 0.2) is 54.2 Å². The van der Waals surface area contributed by atoms with Crippen LogP contribution in [-0.2, 0) is 165 Å². The monoisotopic (exact) mass is 2140 g/mol. The quantitative estimate of drug-likeness (QED) is 0.0697. The Bertz CT molecular complexity index is 6110. The Morgan fingerprint density at radius 3 is 0.584 bits per heavy atom. The zero-order valence-electron chi connectivity index (χ0n) is 76.6. The van der Waals surface area contributed by atoms with Gasteiger partial charge in [-0.1, -0.05) is 254 Å². The highest BCUT2D eigenvalue weighted by atomic mass is 32.3. The molecule has 14 rings (SSSR count). The first kappa shape index (κ1) is 126. The minimum absolute atomic E-state index is 0.0497. The maximum absolute atomic E-state index is 10.7. The van der Waals surface area contributed by atoms with Crippen LogP contribution < -0.4 is 4.74 Å². The minimum Gasteiger partial charge on any atom is -0.748 e. The average Bonchev–Trinajstić information content (AvgIpc) is 0.811. The molecule has 0 saturated carbocycles. The molecule has 0 bridgehead atoms. The lowest BCUT2D eigenvalue weighted by Crippen LogP contribution is -2.21. The fourth-order valence-electron chi connectivity index (χ4n) is 9.95. The van der Waals surface area contributed by atoms with Crippen LogP contribution in [0, 0.1) is 0 Å². The van der Waals surface area contributed by atoms with Crippen molar-refractivity contribution in [3.8, 4) is 5.75 Å². The van der Waals surface area contributed by atoms with Crippen molar-refractivity contribution >= 4 is 165 Å². The van der Waals surface area contributed by atoms with E-state index in [1.807, 2.05) is 103 Å². The summed E-state index contributed by atoms with van der Waals surface area (Å²) in [4.78, 5) is 16.6. The van der Waals surface area contributed by atoms with Gasteiger partial charge in [-0.15, -0.1) is 0 Å². The van der Waals surface area contributed by atoms with Gasteiger partial charge in [-0.2, -0.15) is 13.2 Å². The number of ether oxygens (including phenoxy) is 1. The van der Waals surface area contributed by atoms with Crippen LogP contribution in [0.2, 0.25) is 0 Å². The lowest BCUT2D eigenvalue weighted by Gasteiger charge is -2.19. The van der Waals surface area contributed by atoms with Crippen LogP contribution in [0.25, 0.3) is 10.8 Å². The second kappa shape index (κ2) is 62.7. The molecule has 14 aromatic carbocycles. The Labute approximate surface area is 837 Å². The molecule has 0 atom stereocenters. The highest BCUT2D eigenvalue weighted by Crippen LogP contribution is 2.36. The molecule has 0 radical (unpaired) electrons. The molecule has 0 aliphatic rings. The van der Waals surface area contributed by atoms with Gasteiger partial charge in [0.05, 0.1) is 101 Å². The van der Waals surface area contributed by atoms with Crippen molar-refractivity contribution in [3.63, 3.8) is 0 Å². The highest BCUT2D eigenvalue weighted by Gasteiger charge is 2.37. The molecule has 0 heterocycles. The third-order valence-electron chi connectivity index (χ3n) is 15.4. The Morgan fingerprint density at radius 1 is 0.234 bits per heavy atom. The van der Waals surface area contributed by atoms with Crippen molar-refractivity contribution < 1.29 is 109 Å². The van der Waals surface area contributed by atoms with Crippen LogP contribution in [0.5, 0.6) is 5.75 Å². The van der Waals surface area contributed by atoms with E-state index in [2.05, 4.69) is 377 Å². The topological polar surface area (TPSA) is 410 Å². The summed E-state index contributed by atoms with van der Waals surface area (Å²) in [6.45, 7) is 13.4. The molecule has 0 spiro atoms. The number of hydrogen-bond donors (Lipinski definition) is 0. The van der Waals surface area contributed by atoms with E-state index >= 15 is 0 Å². The van der Waals surface area contributed by atoms with Crippen molar-refractivity contribution in [1.29, 1.82) is 0 Å². The number of fused-ring (bicyclic) bond motifs is 1. The third-order valence-corrected chi connectivity index (χ3v) is 24.0. The first-order valence-corrected chi connectivity index (χ1v) is 57.6. The summed E-state index contributed by atoms with van der Waals surface area (Å²) in [5.74, 6) is 0.892. The van der Waals surface area contributed by atoms with Gasteiger partial charge in [-0.3, -0.25) is 0 Å². The number of alkyl halides is 3. The Hall–Kier alpha value is -9.25. The molecule has 0 N–H and O–H groups in total. The molecule has 0 unspecified atom stereocenters. The van der Waals surface area contributed by atoms with E-state index in [0.717, 1.165) is 25.3 Å². The maximum Gasteiger partial charge on any atom is 0.485 e. The number of halogens is 3. The van der Waals surface area contributed by atoms with Gasteiger partial charge < -0.3 is 36.6 Å². The van der Waals surface area contributed by atoms with E-state index in [1.54, 1.807) is 7.11 Å². The van der Waals surface area contributed by atoms with Crippen molar-refractivity contribution in [2.75, 3.05) is 44.6 Å². The summed E-state index contributed by atoms with van der Waals surface area (Å²) in [5.41, 5.74) is -2.44. The summed E-state index contributed by atoms with van der Waals surface area (Å²) in [6.07, 6.45) is 3.62. The van der Waals surface area contributed by atoms with Crippen LogP contribution >= 0.6 is 0 Å². The first-order valence-electron chi connectivity index (χ1n) is 39.6. The fraction of sp³-hybridized carbons (Fsp3) is 0.163. The van der Waals surface area contributed by atoms with Gasteiger partial charge in [0.25, 0.3) is 0 Å². The Balaban J connectivity index is 0.000000774. The molecule has 0 aromatic heterocycles. The molecule has 0 fully saturated rings. The molecule has 39 heteroatoms. The number of rotatable bonds is 10. The van der Waals surface area contributed by atoms with Crippen LogP contribution in [0.4, 0.5) is 13.2 Å². The van der Waals surface area contributed by atoms with E-state index in [0.29, 0.717) is 37.5 Å². The zero-order valence-corrected chi connectivity index (χ0v) is 88.8. The fourth-order valence-corrected chi connectivity index (χ4v) is 17.0. The van der Waals surface area contributed by atoms with Gasteiger partial charge in [-0.05, 0) is 253 Å². The normalized spacial score (nSPS) is 11.1. The van der Waals surface area contributed by atoms with E-state index in [9.17, 15) is 13.2 Å². The van der Waals surface area contributed by atoms with Crippen LogP contribution in [0.1, 0.15) is 52.7 Å². The van der Waals surface area contributed by atoms with Crippen molar-refractivity contribution in [2.45, 2.75) is 122 Å². The molecular weight excluding hydrogens is 2030 g/mol. The van der Waals surface area contributed by atoms with Crippen LogP contribution in [0.3, 0.4) is 0 Å². The van der Waals surface area contributed by atoms with Gasteiger partial charge in [0.1, 0.15) is 25.3 Å². The van der Waals surface area contributed by atoms with E-state index in [1.165, 1.54) is 66.0 Å². The van der Waals surface area contributed by atoms with E-state index in [-0.39, 0.29) is 43.5 Å². The Kier molecular flexibility index (Phi) is 57.6. The van der Waals surface area contributed by atoms with E-state index in [4.69, 9.17) is 95.5 Å². The summed E-state index contributed by atoms with van der Waals surface area (Å²) in [7, 11) is -28.1. The molecule has 22 nitrogen and oxygen atoms in total. The zero-order chi connectivity index (χ0) is 104. The molecule has 0 amide bonds. The lowest BCUT2D eigenvalue weighted by atomic mass is 9.87. The molecule has 0 aliphatic carbocycles. The number of hydrogen-bond acceptors (Lipinski definition) is 22. The molecule has 0 aliphatic heterocycles. The first-order chi connectivity index (χ1) is 63.3. The largest absolute Gasteiger partial charge is 0.748 e. The highest BCUT2D eigenvalue weighted by molar-refractivity contribution is 7.97. The molecular formula is C98H111F3O22S14. The van der Waals surface area contributed by atoms with Gasteiger partial charge in [0, 0.05) is 43.6 Å². The molecule has 0 saturated heterocycles. The standard InChI is InChI=1S/C22H17S.C22H23S.C19H17OS.C10H14S.3C6H6S.CHF3O3S.6CH4O3S/c1-3-11-20(12-4-1)23(21-13-5-2-6-14-21)22-16-15-18-9-7-8-10-19(18)17-22;1-22(2,3)18-14-16-21(17-15-18)23(19-10-6-4-7-11-19)20-12-8-5-9-13-20;1-20-16-12-14-19(15-13-16)21(17-8-4-2-5-9-17)18-10-6-3-7-11-18;1-10(2,3)8-4-6-9(11)7-5-8;3*7-6-4-2-1-3-5-6;2-1(3,4)8(5,6)7;6*1-5(2,3)4/h1-17H;4-17H,1-3H3;2-15H,1H3;4-7,11H,1-3H3;3*1-5,7H;(H,5,6,7);6*1H3,(H,2,3,4)/q3*+1;;;;;;;;;;;/p-3.